The molecule has 2 atom stereocenters. The highest BCUT2D eigenvalue weighted by Gasteiger charge is 2.54. The lowest BCUT2D eigenvalue weighted by atomic mass is 10.1. The summed E-state index contributed by atoms with van der Waals surface area (Å²) in [6.07, 6.45) is 1.30. The number of amides is 3. The fraction of sp³-hybridized carbons (Fsp3) is 0.261. The molecule has 0 aromatic heterocycles. The standard InChI is InChI=1S/C23H22FN5O2/c1-14-4-10-18(11-5-14)29-15(2)12-27-19-20(25-22(27)29)26(3)23(31)28(21(19)30)13-16-6-8-17(24)9-7-16/h4-12,19-20H,13H2,1-3H3. The number of guanidine groups is 1. The SMILES string of the molecule is CC1=CN2C(=NC3C2C(=O)N(Cc2ccc(F)cc2)C(=O)N3C)N1c1ccc(C)cc1. The van der Waals surface area contributed by atoms with Gasteiger partial charge in [0, 0.05) is 24.6 Å². The second-order valence-corrected chi connectivity index (χ2v) is 8.08. The number of imide groups is 1. The van der Waals surface area contributed by atoms with Crippen molar-refractivity contribution < 1.29 is 14.0 Å². The van der Waals surface area contributed by atoms with Gasteiger partial charge >= 0.3 is 6.03 Å². The van der Waals surface area contributed by atoms with E-state index < -0.39 is 18.2 Å². The van der Waals surface area contributed by atoms with Gasteiger partial charge in [-0.3, -0.25) is 14.6 Å². The lowest BCUT2D eigenvalue weighted by molar-refractivity contribution is -0.137. The zero-order chi connectivity index (χ0) is 21.9. The molecule has 2 aromatic rings. The highest BCUT2D eigenvalue weighted by molar-refractivity contribution is 6.09. The van der Waals surface area contributed by atoms with Gasteiger partial charge in [-0.05, 0) is 43.7 Å². The van der Waals surface area contributed by atoms with E-state index in [4.69, 9.17) is 4.99 Å². The van der Waals surface area contributed by atoms with E-state index in [1.54, 1.807) is 19.2 Å². The van der Waals surface area contributed by atoms with Crippen LogP contribution >= 0.6 is 0 Å². The summed E-state index contributed by atoms with van der Waals surface area (Å²) in [7, 11) is 1.66. The number of allylic oxidation sites excluding steroid dienone is 1. The van der Waals surface area contributed by atoms with Crippen molar-refractivity contribution in [2.75, 3.05) is 11.9 Å². The van der Waals surface area contributed by atoms with Gasteiger partial charge in [0.1, 0.15) is 5.82 Å². The van der Waals surface area contributed by atoms with Crippen molar-refractivity contribution >= 4 is 23.6 Å². The predicted octanol–water partition coefficient (Wildman–Crippen LogP) is 3.28. The van der Waals surface area contributed by atoms with E-state index in [-0.39, 0.29) is 18.3 Å². The third-order valence-electron chi connectivity index (χ3n) is 5.93. The van der Waals surface area contributed by atoms with E-state index in [1.807, 2.05) is 54.1 Å². The number of aliphatic imine (C=N–C) groups is 1. The number of benzene rings is 2. The topological polar surface area (TPSA) is 59.5 Å². The van der Waals surface area contributed by atoms with E-state index >= 15 is 0 Å². The molecule has 31 heavy (non-hydrogen) atoms. The van der Waals surface area contributed by atoms with Gasteiger partial charge in [0.25, 0.3) is 5.91 Å². The van der Waals surface area contributed by atoms with Crippen LogP contribution in [0.15, 0.2) is 65.4 Å². The van der Waals surface area contributed by atoms with E-state index in [0.717, 1.165) is 16.9 Å². The van der Waals surface area contributed by atoms with Crippen molar-refractivity contribution in [1.29, 1.82) is 0 Å². The molecule has 7 nitrogen and oxygen atoms in total. The minimum absolute atomic E-state index is 0.0824. The van der Waals surface area contributed by atoms with E-state index in [9.17, 15) is 14.0 Å². The van der Waals surface area contributed by atoms with Gasteiger partial charge in [-0.15, -0.1) is 0 Å². The number of halogens is 1. The summed E-state index contributed by atoms with van der Waals surface area (Å²) in [4.78, 5) is 37.7. The molecule has 3 aliphatic heterocycles. The molecule has 5 rings (SSSR count). The molecule has 1 fully saturated rings. The highest BCUT2D eigenvalue weighted by atomic mass is 19.1. The molecule has 1 saturated heterocycles. The maximum Gasteiger partial charge on any atom is 0.328 e. The number of hydrogen-bond acceptors (Lipinski definition) is 5. The number of likely N-dealkylation sites (N-methyl/N-ethyl adjacent to an activating group) is 1. The van der Waals surface area contributed by atoms with Crippen LogP contribution in [0.4, 0.5) is 14.9 Å². The minimum atomic E-state index is -0.636. The van der Waals surface area contributed by atoms with Gasteiger partial charge in [-0.1, -0.05) is 29.8 Å². The molecular weight excluding hydrogens is 397 g/mol. The summed E-state index contributed by atoms with van der Waals surface area (Å²) in [5.41, 5.74) is 3.73. The fourth-order valence-corrected chi connectivity index (χ4v) is 4.28. The molecule has 3 aliphatic rings. The van der Waals surface area contributed by atoms with Gasteiger partial charge in [0.05, 0.1) is 6.54 Å². The zero-order valence-corrected chi connectivity index (χ0v) is 17.5. The summed E-state index contributed by atoms with van der Waals surface area (Å²) < 4.78 is 13.3. The molecule has 0 radical (unpaired) electrons. The van der Waals surface area contributed by atoms with Gasteiger partial charge in [-0.2, -0.15) is 0 Å². The third-order valence-corrected chi connectivity index (χ3v) is 5.93. The first kappa shape index (κ1) is 19.3. The monoisotopic (exact) mass is 419 g/mol. The predicted molar refractivity (Wildman–Crippen MR) is 114 cm³/mol. The van der Waals surface area contributed by atoms with Gasteiger partial charge < -0.3 is 9.80 Å². The Morgan fingerprint density at radius 1 is 1.00 bits per heavy atom. The molecule has 2 aromatic carbocycles. The van der Waals surface area contributed by atoms with Gasteiger partial charge in [0.2, 0.25) is 5.96 Å². The lowest BCUT2D eigenvalue weighted by Crippen LogP contribution is -2.63. The lowest BCUT2D eigenvalue weighted by Gasteiger charge is -2.40. The van der Waals surface area contributed by atoms with Crippen LogP contribution in [0.25, 0.3) is 0 Å². The Hall–Kier alpha value is -3.68. The number of anilines is 1. The first-order valence-corrected chi connectivity index (χ1v) is 10.1. The molecule has 0 saturated carbocycles. The van der Waals surface area contributed by atoms with E-state index in [0.29, 0.717) is 11.5 Å². The molecule has 158 valence electrons. The van der Waals surface area contributed by atoms with Crippen LogP contribution in [0, 0.1) is 12.7 Å². The second-order valence-electron chi connectivity index (χ2n) is 8.08. The molecule has 3 amide bonds. The Morgan fingerprint density at radius 3 is 2.35 bits per heavy atom. The number of carbonyl (C=O) groups is 2. The number of carbonyl (C=O) groups excluding carboxylic acids is 2. The van der Waals surface area contributed by atoms with Crippen LogP contribution in [0.1, 0.15) is 18.1 Å². The van der Waals surface area contributed by atoms with Crippen LogP contribution in [-0.4, -0.2) is 51.9 Å². The first-order chi connectivity index (χ1) is 14.8. The smallest absolute Gasteiger partial charge is 0.302 e. The molecule has 0 N–H and O–H groups in total. The molecule has 3 heterocycles. The molecular formula is C23H22FN5O2. The third kappa shape index (κ3) is 2.98. The van der Waals surface area contributed by atoms with Gasteiger partial charge in [0.15, 0.2) is 12.2 Å². The summed E-state index contributed by atoms with van der Waals surface area (Å²) in [6, 6.07) is 12.8. The summed E-state index contributed by atoms with van der Waals surface area (Å²) >= 11 is 0. The normalized spacial score (nSPS) is 22.6. The summed E-state index contributed by atoms with van der Waals surface area (Å²) in [5.74, 6) is -0.0427. The van der Waals surface area contributed by atoms with Crippen molar-refractivity contribution in [1.82, 2.24) is 14.7 Å². The minimum Gasteiger partial charge on any atom is -0.302 e. The number of aryl methyl sites for hydroxylation is 1. The van der Waals surface area contributed by atoms with Crippen molar-refractivity contribution in [2.45, 2.75) is 32.6 Å². The molecule has 2 unspecified atom stereocenters. The van der Waals surface area contributed by atoms with Crippen LogP contribution < -0.4 is 4.90 Å². The Labute approximate surface area is 179 Å². The average Bonchev–Trinajstić information content (AvgIpc) is 3.26. The van der Waals surface area contributed by atoms with Gasteiger partial charge in [-0.25, -0.2) is 14.2 Å². The maximum absolute atomic E-state index is 13.4. The van der Waals surface area contributed by atoms with E-state index in [1.165, 1.54) is 21.9 Å². The highest BCUT2D eigenvalue weighted by Crippen LogP contribution is 2.36. The Balaban J connectivity index is 1.46. The van der Waals surface area contributed by atoms with Crippen molar-refractivity contribution in [3.05, 3.63) is 77.4 Å². The number of fused-ring (bicyclic) bond motifs is 3. The number of urea groups is 1. The number of nitrogens with zero attached hydrogens (tertiary/aromatic N) is 5. The maximum atomic E-state index is 13.4. The Bertz CT molecular complexity index is 1130. The van der Waals surface area contributed by atoms with Crippen molar-refractivity contribution in [3.8, 4) is 0 Å². The summed E-state index contributed by atoms with van der Waals surface area (Å²) in [6.45, 7) is 4.08. The van der Waals surface area contributed by atoms with Crippen molar-refractivity contribution in [2.24, 2.45) is 4.99 Å². The van der Waals surface area contributed by atoms with Crippen LogP contribution in [-0.2, 0) is 11.3 Å². The van der Waals surface area contributed by atoms with E-state index in [2.05, 4.69) is 0 Å². The molecule has 0 bridgehead atoms. The van der Waals surface area contributed by atoms with Crippen molar-refractivity contribution in [3.63, 3.8) is 0 Å². The van der Waals surface area contributed by atoms with Crippen LogP contribution in [0.5, 0.6) is 0 Å². The molecule has 0 spiro atoms. The Kier molecular flexibility index (Phi) is 4.32. The van der Waals surface area contributed by atoms with Crippen LogP contribution in [0.2, 0.25) is 0 Å². The molecule has 0 aliphatic carbocycles. The fourth-order valence-electron chi connectivity index (χ4n) is 4.28. The second kappa shape index (κ2) is 6.94. The molecule has 8 heteroatoms. The largest absolute Gasteiger partial charge is 0.328 e. The van der Waals surface area contributed by atoms with Crippen LogP contribution in [0.3, 0.4) is 0 Å². The quantitative estimate of drug-likeness (QED) is 0.766. The number of rotatable bonds is 3. The Morgan fingerprint density at radius 2 is 1.68 bits per heavy atom. The number of hydrogen-bond donors (Lipinski definition) is 0. The zero-order valence-electron chi connectivity index (χ0n) is 17.5. The average molecular weight is 419 g/mol. The first-order valence-electron chi connectivity index (χ1n) is 10.1. The summed E-state index contributed by atoms with van der Waals surface area (Å²) in [5, 5.41) is 0.